The van der Waals surface area contributed by atoms with E-state index < -0.39 is 16.8 Å². The summed E-state index contributed by atoms with van der Waals surface area (Å²) in [6.45, 7) is 11.2. The van der Waals surface area contributed by atoms with Gasteiger partial charge in [0.05, 0.1) is 36.8 Å². The molecular weight excluding hydrogens is 408 g/mol. The summed E-state index contributed by atoms with van der Waals surface area (Å²) in [5, 5.41) is 8.86. The maximum atomic E-state index is 12.3. The van der Waals surface area contributed by atoms with Crippen molar-refractivity contribution < 1.29 is 19.1 Å². The molecule has 0 bridgehead atoms. The lowest BCUT2D eigenvalue weighted by atomic mass is 9.84. The number of fused-ring (bicyclic) bond motifs is 2. The Kier molecular flexibility index (Phi) is 4.47. The second-order valence-electron chi connectivity index (χ2n) is 10.3. The zero-order valence-electron chi connectivity index (χ0n) is 19.6. The first kappa shape index (κ1) is 21.0. The Morgan fingerprint density at radius 2 is 1.97 bits per heavy atom. The number of carbonyl (C=O) groups excluding carboxylic acids is 1. The SMILES string of the molecule is Cc1cc(C2(C)CC(c3ccc4c(c3)COC43CN(C(=O)OC(C)(C)C)C3)=NO2)n(C)n1. The van der Waals surface area contributed by atoms with Crippen LogP contribution in [0.1, 0.15) is 62.2 Å². The van der Waals surface area contributed by atoms with Crippen LogP contribution in [0.4, 0.5) is 4.79 Å². The Morgan fingerprint density at radius 3 is 2.62 bits per heavy atom. The molecule has 1 spiro atoms. The Labute approximate surface area is 188 Å². The molecule has 1 aromatic heterocycles. The van der Waals surface area contributed by atoms with Gasteiger partial charge in [0, 0.05) is 13.5 Å². The van der Waals surface area contributed by atoms with Crippen LogP contribution in [0.5, 0.6) is 0 Å². The molecule has 8 nitrogen and oxygen atoms in total. The third-order valence-electron chi connectivity index (χ3n) is 6.38. The van der Waals surface area contributed by atoms with Crippen molar-refractivity contribution in [2.24, 2.45) is 12.2 Å². The Balaban J connectivity index is 1.30. The number of hydrogen-bond acceptors (Lipinski definition) is 6. The standard InChI is InChI=1S/C24H30N4O4/c1-15-9-20(27(6)25-15)23(5)11-19(26-32-23)16-7-8-18-17(10-16)12-30-24(18)13-28(14-24)21(29)31-22(2,3)4/h7-10H,11-14H2,1-6H3. The third kappa shape index (κ3) is 3.37. The van der Waals surface area contributed by atoms with Crippen molar-refractivity contribution in [2.75, 3.05) is 13.1 Å². The van der Waals surface area contributed by atoms with Gasteiger partial charge in [-0.2, -0.15) is 5.10 Å². The number of amides is 1. The van der Waals surface area contributed by atoms with Crippen LogP contribution >= 0.6 is 0 Å². The minimum Gasteiger partial charge on any atom is -0.444 e. The topological polar surface area (TPSA) is 78.2 Å². The maximum absolute atomic E-state index is 12.3. The summed E-state index contributed by atoms with van der Waals surface area (Å²) in [7, 11) is 1.93. The first-order chi connectivity index (χ1) is 15.0. The van der Waals surface area contributed by atoms with Crippen LogP contribution in [0.15, 0.2) is 29.4 Å². The lowest BCUT2D eigenvalue weighted by Gasteiger charge is -2.47. The van der Waals surface area contributed by atoms with Gasteiger partial charge >= 0.3 is 6.09 Å². The van der Waals surface area contributed by atoms with Gasteiger partial charge in [-0.15, -0.1) is 0 Å². The fourth-order valence-corrected chi connectivity index (χ4v) is 4.86. The number of aromatic nitrogens is 2. The van der Waals surface area contributed by atoms with Crippen molar-refractivity contribution in [3.63, 3.8) is 0 Å². The van der Waals surface area contributed by atoms with E-state index in [0.29, 0.717) is 26.1 Å². The first-order valence-electron chi connectivity index (χ1n) is 11.0. The second-order valence-corrected chi connectivity index (χ2v) is 10.3. The predicted molar refractivity (Wildman–Crippen MR) is 118 cm³/mol. The Morgan fingerprint density at radius 1 is 1.22 bits per heavy atom. The zero-order chi connectivity index (χ0) is 22.9. The molecule has 2 aromatic rings. The van der Waals surface area contributed by atoms with Crippen molar-refractivity contribution in [3.8, 4) is 0 Å². The van der Waals surface area contributed by atoms with E-state index in [2.05, 4.69) is 28.5 Å². The van der Waals surface area contributed by atoms with Gasteiger partial charge in [-0.3, -0.25) is 4.68 Å². The normalized spacial score (nSPS) is 23.6. The van der Waals surface area contributed by atoms with Crippen LogP contribution in [0.3, 0.4) is 0 Å². The van der Waals surface area contributed by atoms with Gasteiger partial charge in [-0.05, 0) is 63.4 Å². The van der Waals surface area contributed by atoms with Crippen molar-refractivity contribution >= 4 is 11.8 Å². The van der Waals surface area contributed by atoms with Gasteiger partial charge < -0.3 is 19.2 Å². The number of carbonyl (C=O) groups is 1. The molecule has 1 unspecified atom stereocenters. The number of likely N-dealkylation sites (tertiary alicyclic amines) is 1. The van der Waals surface area contributed by atoms with Crippen molar-refractivity contribution in [3.05, 3.63) is 52.3 Å². The molecule has 170 valence electrons. The Bertz CT molecular complexity index is 1120. The van der Waals surface area contributed by atoms with Gasteiger partial charge in [-0.1, -0.05) is 17.3 Å². The molecule has 4 heterocycles. The van der Waals surface area contributed by atoms with E-state index in [1.54, 1.807) is 4.90 Å². The van der Waals surface area contributed by atoms with E-state index in [9.17, 15) is 4.79 Å². The molecule has 1 atom stereocenters. The summed E-state index contributed by atoms with van der Waals surface area (Å²) in [5.74, 6) is 0. The van der Waals surface area contributed by atoms with E-state index in [1.165, 1.54) is 0 Å². The highest BCUT2D eigenvalue weighted by Gasteiger charge is 2.52. The van der Waals surface area contributed by atoms with Crippen LogP contribution in [0, 0.1) is 6.92 Å². The van der Waals surface area contributed by atoms with Gasteiger partial charge in [0.25, 0.3) is 0 Å². The van der Waals surface area contributed by atoms with Crippen molar-refractivity contribution in [2.45, 2.75) is 64.4 Å². The maximum Gasteiger partial charge on any atom is 0.410 e. The van der Waals surface area contributed by atoms with E-state index in [0.717, 1.165) is 33.8 Å². The molecule has 0 aliphatic carbocycles. The summed E-state index contributed by atoms with van der Waals surface area (Å²) in [4.78, 5) is 19.9. The molecule has 32 heavy (non-hydrogen) atoms. The highest BCUT2D eigenvalue weighted by molar-refractivity contribution is 6.02. The molecule has 1 saturated heterocycles. The number of rotatable bonds is 2. The average Bonchev–Trinajstić information content (AvgIpc) is 3.34. The predicted octanol–water partition coefficient (Wildman–Crippen LogP) is 3.74. The molecule has 8 heteroatoms. The fourth-order valence-electron chi connectivity index (χ4n) is 4.86. The van der Waals surface area contributed by atoms with E-state index in [4.69, 9.17) is 14.3 Å². The number of benzene rings is 1. The number of hydrogen-bond donors (Lipinski definition) is 0. The largest absolute Gasteiger partial charge is 0.444 e. The zero-order valence-corrected chi connectivity index (χ0v) is 19.6. The molecule has 3 aliphatic heterocycles. The monoisotopic (exact) mass is 438 g/mol. The quantitative estimate of drug-likeness (QED) is 0.714. The highest BCUT2D eigenvalue weighted by atomic mass is 16.7. The number of aryl methyl sites for hydroxylation is 2. The van der Waals surface area contributed by atoms with Gasteiger partial charge in [0.1, 0.15) is 11.2 Å². The smallest absolute Gasteiger partial charge is 0.410 e. The highest BCUT2D eigenvalue weighted by Crippen LogP contribution is 2.45. The minimum absolute atomic E-state index is 0.293. The summed E-state index contributed by atoms with van der Waals surface area (Å²) in [6, 6.07) is 8.37. The van der Waals surface area contributed by atoms with Gasteiger partial charge in [0.15, 0.2) is 5.60 Å². The third-order valence-corrected chi connectivity index (χ3v) is 6.38. The van der Waals surface area contributed by atoms with Crippen LogP contribution in [-0.2, 0) is 39.2 Å². The fraction of sp³-hybridized carbons (Fsp3) is 0.542. The van der Waals surface area contributed by atoms with E-state index >= 15 is 0 Å². The lowest BCUT2D eigenvalue weighted by molar-refractivity contribution is -0.137. The van der Waals surface area contributed by atoms with Crippen LogP contribution in [-0.4, -0.2) is 45.2 Å². The molecule has 0 radical (unpaired) electrons. The summed E-state index contributed by atoms with van der Waals surface area (Å²) < 4.78 is 13.5. The first-order valence-corrected chi connectivity index (χ1v) is 11.0. The molecule has 1 fully saturated rings. The van der Waals surface area contributed by atoms with E-state index in [-0.39, 0.29) is 6.09 Å². The Hall–Kier alpha value is -2.87. The van der Waals surface area contributed by atoms with Gasteiger partial charge in [-0.25, -0.2) is 4.79 Å². The molecule has 1 amide bonds. The second kappa shape index (κ2) is 6.81. The number of nitrogens with zero attached hydrogens (tertiary/aromatic N) is 4. The molecule has 3 aliphatic rings. The summed E-state index contributed by atoms with van der Waals surface area (Å²) in [5.41, 5.74) is 4.73. The van der Waals surface area contributed by atoms with Crippen LogP contribution in [0.2, 0.25) is 0 Å². The molecule has 0 saturated carbocycles. The summed E-state index contributed by atoms with van der Waals surface area (Å²) >= 11 is 0. The molecule has 1 aromatic carbocycles. The summed E-state index contributed by atoms with van der Waals surface area (Å²) in [6.07, 6.45) is 0.377. The number of ether oxygens (including phenoxy) is 2. The average molecular weight is 439 g/mol. The minimum atomic E-state index is -0.538. The molecule has 0 N–H and O–H groups in total. The van der Waals surface area contributed by atoms with Crippen molar-refractivity contribution in [1.82, 2.24) is 14.7 Å². The van der Waals surface area contributed by atoms with Gasteiger partial charge in [0.2, 0.25) is 0 Å². The van der Waals surface area contributed by atoms with Crippen LogP contribution < -0.4 is 0 Å². The van der Waals surface area contributed by atoms with E-state index in [1.807, 2.05) is 52.4 Å². The molecular formula is C24H30N4O4. The number of oxime groups is 1. The van der Waals surface area contributed by atoms with Crippen molar-refractivity contribution in [1.29, 1.82) is 0 Å². The van der Waals surface area contributed by atoms with Crippen LogP contribution in [0.25, 0.3) is 0 Å². The lowest BCUT2D eigenvalue weighted by Crippen LogP contribution is -2.61. The molecule has 5 rings (SSSR count).